The number of hydrogen-bond acceptors (Lipinski definition) is 4. The van der Waals surface area contributed by atoms with Crippen LogP contribution in [-0.2, 0) is 4.79 Å². The number of carbonyl (C=O) groups is 1. The lowest BCUT2D eigenvalue weighted by molar-refractivity contribution is -0.130. The fraction of sp³-hybridized carbons (Fsp3) is 0.909. The van der Waals surface area contributed by atoms with E-state index in [-0.39, 0.29) is 11.3 Å². The number of amides is 1. The van der Waals surface area contributed by atoms with Crippen molar-refractivity contribution in [1.29, 1.82) is 0 Å². The number of hydrogen-bond donors (Lipinski definition) is 2. The van der Waals surface area contributed by atoms with Gasteiger partial charge in [-0.2, -0.15) is 0 Å². The van der Waals surface area contributed by atoms with Crippen LogP contribution < -0.4 is 11.2 Å². The highest BCUT2D eigenvalue weighted by molar-refractivity contribution is 5.81. The Labute approximate surface area is 97.9 Å². The van der Waals surface area contributed by atoms with Gasteiger partial charge in [-0.05, 0) is 12.5 Å². The van der Waals surface area contributed by atoms with Gasteiger partial charge in [0, 0.05) is 26.2 Å². The van der Waals surface area contributed by atoms with Gasteiger partial charge in [0.2, 0.25) is 0 Å². The largest absolute Gasteiger partial charge is 0.319 e. The Morgan fingerprint density at radius 2 is 1.75 bits per heavy atom. The van der Waals surface area contributed by atoms with Crippen molar-refractivity contribution in [2.75, 3.05) is 33.2 Å². The molecule has 1 rings (SSSR count). The van der Waals surface area contributed by atoms with Crippen molar-refractivity contribution in [3.05, 3.63) is 0 Å². The lowest BCUT2D eigenvalue weighted by Crippen LogP contribution is -2.58. The molecule has 0 aromatic carbocycles. The minimum absolute atomic E-state index is 0.0861. The first-order chi connectivity index (χ1) is 7.30. The standard InChI is InChI=1S/C11H24N4O/c1-11(2,3)9(12)10(16)13-15-7-5-14(4)6-8-15/h9H,5-8,12H2,1-4H3,(H,13,16)/t9-/m1/s1. The summed E-state index contributed by atoms with van der Waals surface area (Å²) in [7, 11) is 2.08. The summed E-state index contributed by atoms with van der Waals surface area (Å²) in [5.41, 5.74) is 8.58. The monoisotopic (exact) mass is 228 g/mol. The second-order valence-electron chi connectivity index (χ2n) is 5.61. The van der Waals surface area contributed by atoms with E-state index in [1.54, 1.807) is 0 Å². The SMILES string of the molecule is CN1CCN(NC(=O)[C@@H](N)C(C)(C)C)CC1. The lowest BCUT2D eigenvalue weighted by atomic mass is 9.87. The molecule has 0 saturated carbocycles. The van der Waals surface area contributed by atoms with Crippen LogP contribution in [0.5, 0.6) is 0 Å². The quantitative estimate of drug-likeness (QED) is 0.677. The molecule has 3 N–H and O–H groups in total. The Balaban J connectivity index is 2.40. The Bertz CT molecular complexity index is 241. The second kappa shape index (κ2) is 5.12. The average molecular weight is 228 g/mol. The van der Waals surface area contributed by atoms with Gasteiger partial charge in [0.25, 0.3) is 5.91 Å². The van der Waals surface area contributed by atoms with Gasteiger partial charge in [0.1, 0.15) is 0 Å². The predicted octanol–water partition coefficient (Wildman–Crippen LogP) is -0.362. The van der Waals surface area contributed by atoms with Crippen molar-refractivity contribution < 1.29 is 4.79 Å². The van der Waals surface area contributed by atoms with Crippen LogP contribution in [0.2, 0.25) is 0 Å². The van der Waals surface area contributed by atoms with E-state index in [1.807, 2.05) is 25.8 Å². The van der Waals surface area contributed by atoms with Crippen LogP contribution in [0.3, 0.4) is 0 Å². The maximum absolute atomic E-state index is 11.8. The molecule has 94 valence electrons. The zero-order chi connectivity index (χ0) is 12.3. The summed E-state index contributed by atoms with van der Waals surface area (Å²) in [6, 6.07) is -0.466. The number of nitrogens with zero attached hydrogens (tertiary/aromatic N) is 2. The van der Waals surface area contributed by atoms with Crippen molar-refractivity contribution in [1.82, 2.24) is 15.3 Å². The van der Waals surface area contributed by atoms with Crippen LogP contribution in [0.1, 0.15) is 20.8 Å². The van der Waals surface area contributed by atoms with Gasteiger partial charge in [-0.15, -0.1) is 0 Å². The van der Waals surface area contributed by atoms with Gasteiger partial charge in [-0.3, -0.25) is 10.2 Å². The molecule has 0 unspecified atom stereocenters. The minimum Gasteiger partial charge on any atom is -0.319 e. The summed E-state index contributed by atoms with van der Waals surface area (Å²) in [5, 5.41) is 1.95. The van der Waals surface area contributed by atoms with Gasteiger partial charge >= 0.3 is 0 Å². The fourth-order valence-corrected chi connectivity index (χ4v) is 1.54. The molecular formula is C11H24N4O. The van der Waals surface area contributed by atoms with E-state index in [0.29, 0.717) is 0 Å². The molecule has 0 radical (unpaired) electrons. The summed E-state index contributed by atoms with van der Waals surface area (Å²) in [6.07, 6.45) is 0. The van der Waals surface area contributed by atoms with E-state index in [4.69, 9.17) is 5.73 Å². The summed E-state index contributed by atoms with van der Waals surface area (Å²) in [5.74, 6) is -0.0861. The molecule has 0 aromatic rings. The van der Waals surface area contributed by atoms with Gasteiger partial charge in [-0.25, -0.2) is 5.01 Å². The Morgan fingerprint density at radius 3 is 2.19 bits per heavy atom. The first kappa shape index (κ1) is 13.4. The topological polar surface area (TPSA) is 61.6 Å². The minimum atomic E-state index is -0.466. The first-order valence-corrected chi connectivity index (χ1v) is 5.80. The molecule has 0 aliphatic carbocycles. The number of nitrogens with one attached hydrogen (secondary N) is 1. The number of carbonyl (C=O) groups excluding carboxylic acids is 1. The Kier molecular flexibility index (Phi) is 4.29. The summed E-state index contributed by atoms with van der Waals surface area (Å²) < 4.78 is 0. The normalized spacial score (nSPS) is 21.8. The number of nitrogens with two attached hydrogens (primary N) is 1. The van der Waals surface area contributed by atoms with E-state index in [2.05, 4.69) is 17.4 Å². The fourth-order valence-electron chi connectivity index (χ4n) is 1.54. The summed E-state index contributed by atoms with van der Waals surface area (Å²) in [6.45, 7) is 9.60. The molecule has 5 nitrogen and oxygen atoms in total. The lowest BCUT2D eigenvalue weighted by Gasteiger charge is -2.34. The molecule has 0 spiro atoms. The van der Waals surface area contributed by atoms with Crippen molar-refractivity contribution >= 4 is 5.91 Å². The molecule has 1 heterocycles. The van der Waals surface area contributed by atoms with Gasteiger partial charge in [-0.1, -0.05) is 20.8 Å². The van der Waals surface area contributed by atoms with E-state index >= 15 is 0 Å². The third-order valence-electron chi connectivity index (χ3n) is 2.99. The number of hydrazine groups is 1. The molecule has 1 aliphatic rings. The Morgan fingerprint density at radius 1 is 1.25 bits per heavy atom. The molecule has 1 fully saturated rings. The molecular weight excluding hydrogens is 204 g/mol. The first-order valence-electron chi connectivity index (χ1n) is 5.80. The summed E-state index contributed by atoms with van der Waals surface area (Å²) >= 11 is 0. The van der Waals surface area contributed by atoms with Crippen molar-refractivity contribution in [3.8, 4) is 0 Å². The predicted molar refractivity (Wildman–Crippen MR) is 64.6 cm³/mol. The molecule has 1 saturated heterocycles. The van der Waals surface area contributed by atoms with Gasteiger partial charge in [0.15, 0.2) is 0 Å². The Hall–Kier alpha value is -0.650. The van der Waals surface area contributed by atoms with Crippen LogP contribution >= 0.6 is 0 Å². The highest BCUT2D eigenvalue weighted by atomic mass is 16.2. The number of piperazine rings is 1. The van der Waals surface area contributed by atoms with Crippen LogP contribution in [0.15, 0.2) is 0 Å². The highest BCUT2D eigenvalue weighted by Crippen LogP contribution is 2.17. The van der Waals surface area contributed by atoms with Crippen LogP contribution in [0.4, 0.5) is 0 Å². The highest BCUT2D eigenvalue weighted by Gasteiger charge is 2.28. The molecule has 16 heavy (non-hydrogen) atoms. The van der Waals surface area contributed by atoms with Crippen LogP contribution in [0, 0.1) is 5.41 Å². The van der Waals surface area contributed by atoms with Crippen LogP contribution in [-0.4, -0.2) is 55.1 Å². The number of rotatable bonds is 2. The van der Waals surface area contributed by atoms with Gasteiger partial charge in [0.05, 0.1) is 6.04 Å². The average Bonchev–Trinajstić information content (AvgIpc) is 2.19. The molecule has 0 aromatic heterocycles. The van der Waals surface area contributed by atoms with Crippen molar-refractivity contribution in [3.63, 3.8) is 0 Å². The molecule has 1 aliphatic heterocycles. The van der Waals surface area contributed by atoms with E-state index in [9.17, 15) is 4.79 Å². The van der Waals surface area contributed by atoms with E-state index < -0.39 is 6.04 Å². The maximum atomic E-state index is 11.8. The molecule has 1 atom stereocenters. The van der Waals surface area contributed by atoms with E-state index in [1.165, 1.54) is 0 Å². The van der Waals surface area contributed by atoms with Crippen molar-refractivity contribution in [2.24, 2.45) is 11.1 Å². The molecule has 5 heteroatoms. The third-order valence-corrected chi connectivity index (χ3v) is 2.99. The summed E-state index contributed by atoms with van der Waals surface area (Å²) in [4.78, 5) is 14.1. The number of likely N-dealkylation sites (N-methyl/N-ethyl adjacent to an activating group) is 1. The third kappa shape index (κ3) is 3.73. The smallest absolute Gasteiger partial charge is 0.251 e. The second-order valence-corrected chi connectivity index (χ2v) is 5.61. The zero-order valence-corrected chi connectivity index (χ0v) is 10.8. The maximum Gasteiger partial charge on any atom is 0.251 e. The molecule has 0 bridgehead atoms. The van der Waals surface area contributed by atoms with E-state index in [0.717, 1.165) is 26.2 Å². The van der Waals surface area contributed by atoms with Crippen molar-refractivity contribution in [2.45, 2.75) is 26.8 Å². The molecule has 1 amide bonds. The van der Waals surface area contributed by atoms with Gasteiger partial charge < -0.3 is 10.6 Å². The zero-order valence-electron chi connectivity index (χ0n) is 10.8. The van der Waals surface area contributed by atoms with Crippen LogP contribution in [0.25, 0.3) is 0 Å².